The average molecular weight is 469 g/mol. The molecule has 0 amide bonds. The third-order valence-electron chi connectivity index (χ3n) is 5.02. The number of thiocarbonyl (C=S) groups is 1. The largest absolute Gasteiger partial charge is 0.329 e. The Hall–Kier alpha value is -3.23. The molecule has 9 heteroatoms. The minimum atomic E-state index is -0.365. The fourth-order valence-corrected chi connectivity index (χ4v) is 3.82. The van der Waals surface area contributed by atoms with E-state index < -0.39 is 0 Å². The Labute approximate surface area is 196 Å². The van der Waals surface area contributed by atoms with Gasteiger partial charge in [0, 0.05) is 17.3 Å². The molecule has 0 saturated carbocycles. The average Bonchev–Trinajstić information content (AvgIpc) is 3.30. The summed E-state index contributed by atoms with van der Waals surface area (Å²) in [6.45, 7) is 5.06. The highest BCUT2D eigenvalue weighted by molar-refractivity contribution is 7.80. The maximum absolute atomic E-state index is 13.2. The van der Waals surface area contributed by atoms with Crippen LogP contribution in [0.5, 0.6) is 0 Å². The molecule has 0 unspecified atom stereocenters. The lowest BCUT2D eigenvalue weighted by atomic mass is 10.2. The van der Waals surface area contributed by atoms with Crippen molar-refractivity contribution < 1.29 is 4.39 Å². The molecule has 32 heavy (non-hydrogen) atoms. The van der Waals surface area contributed by atoms with E-state index in [0.29, 0.717) is 29.0 Å². The molecule has 2 aromatic carbocycles. The number of rotatable bonds is 6. The highest BCUT2D eigenvalue weighted by atomic mass is 35.5. The predicted octanol–water partition coefficient (Wildman–Crippen LogP) is 5.39. The molecule has 0 radical (unpaired) electrons. The van der Waals surface area contributed by atoms with E-state index in [1.165, 1.54) is 17.7 Å². The van der Waals surface area contributed by atoms with Gasteiger partial charge in [-0.2, -0.15) is 10.2 Å². The molecule has 0 bridgehead atoms. The molecule has 0 saturated heterocycles. The summed E-state index contributed by atoms with van der Waals surface area (Å²) >= 11 is 11.6. The van der Waals surface area contributed by atoms with Gasteiger partial charge in [-0.15, -0.1) is 0 Å². The van der Waals surface area contributed by atoms with Crippen molar-refractivity contribution in [1.29, 1.82) is 0 Å². The Morgan fingerprint density at radius 3 is 2.56 bits per heavy atom. The predicted molar refractivity (Wildman–Crippen MR) is 130 cm³/mol. The summed E-state index contributed by atoms with van der Waals surface area (Å²) in [6.07, 6.45) is 1.80. The Kier molecular flexibility index (Phi) is 6.53. The van der Waals surface area contributed by atoms with E-state index in [-0.39, 0.29) is 5.82 Å². The van der Waals surface area contributed by atoms with Crippen LogP contribution in [0.3, 0.4) is 0 Å². The van der Waals surface area contributed by atoms with Gasteiger partial charge in [0.1, 0.15) is 5.82 Å². The first-order valence-electron chi connectivity index (χ1n) is 10.0. The van der Waals surface area contributed by atoms with E-state index in [0.717, 1.165) is 22.6 Å². The summed E-state index contributed by atoms with van der Waals surface area (Å²) in [7, 11) is 0. The monoisotopic (exact) mass is 468 g/mol. The van der Waals surface area contributed by atoms with Crippen molar-refractivity contribution in [2.45, 2.75) is 26.9 Å². The molecule has 0 aliphatic carbocycles. The molecular weight excluding hydrogens is 447 g/mol. The number of hydrogen-bond donors (Lipinski definition) is 2. The van der Waals surface area contributed by atoms with Gasteiger partial charge in [-0.25, -0.2) is 4.39 Å². The van der Waals surface area contributed by atoms with E-state index in [2.05, 4.69) is 33.0 Å². The second-order valence-electron chi connectivity index (χ2n) is 7.40. The summed E-state index contributed by atoms with van der Waals surface area (Å²) in [5, 5.41) is 16.2. The topological polar surface area (TPSA) is 59.7 Å². The molecule has 4 aromatic rings. The van der Waals surface area contributed by atoms with E-state index in [9.17, 15) is 4.39 Å². The van der Waals surface area contributed by atoms with Crippen molar-refractivity contribution in [3.63, 3.8) is 0 Å². The highest BCUT2D eigenvalue weighted by Gasteiger charge is 2.14. The Morgan fingerprint density at radius 2 is 1.81 bits per heavy atom. The Morgan fingerprint density at radius 1 is 1.03 bits per heavy atom. The van der Waals surface area contributed by atoms with E-state index in [4.69, 9.17) is 23.8 Å². The molecule has 0 atom stereocenters. The highest BCUT2D eigenvalue weighted by Crippen LogP contribution is 2.21. The minimum Gasteiger partial charge on any atom is -0.329 e. The van der Waals surface area contributed by atoms with Crippen LogP contribution >= 0.6 is 23.8 Å². The Bertz CT molecular complexity index is 1250. The zero-order chi connectivity index (χ0) is 22.7. The lowest BCUT2D eigenvalue weighted by Gasteiger charge is -2.10. The van der Waals surface area contributed by atoms with Crippen molar-refractivity contribution in [3.05, 3.63) is 94.1 Å². The van der Waals surface area contributed by atoms with Crippen LogP contribution < -0.4 is 10.6 Å². The van der Waals surface area contributed by atoms with Crippen LogP contribution in [0.4, 0.5) is 15.9 Å². The smallest absolute Gasteiger partial charge is 0.176 e. The zero-order valence-corrected chi connectivity index (χ0v) is 19.2. The molecule has 2 aromatic heterocycles. The van der Waals surface area contributed by atoms with Gasteiger partial charge in [-0.1, -0.05) is 48.0 Å². The SMILES string of the molecule is Cc1nn(Cc2ccccc2)c(C)c1NC(=S)Nc1ccn(Cc2ccc(F)cc2Cl)n1. The molecule has 6 nitrogen and oxygen atoms in total. The number of aromatic nitrogens is 4. The molecule has 0 fully saturated rings. The fourth-order valence-electron chi connectivity index (χ4n) is 3.39. The van der Waals surface area contributed by atoms with Gasteiger partial charge in [0.15, 0.2) is 10.9 Å². The van der Waals surface area contributed by atoms with Crippen LogP contribution in [0, 0.1) is 19.7 Å². The molecular formula is C23H22ClFN6S. The fraction of sp³-hybridized carbons (Fsp3) is 0.174. The van der Waals surface area contributed by atoms with Gasteiger partial charge in [-0.3, -0.25) is 9.36 Å². The Balaban J connectivity index is 1.40. The number of anilines is 2. The summed E-state index contributed by atoms with van der Waals surface area (Å²) in [5.41, 5.74) is 4.68. The molecule has 4 rings (SSSR count). The molecule has 164 valence electrons. The summed E-state index contributed by atoms with van der Waals surface area (Å²) < 4.78 is 16.9. The van der Waals surface area contributed by atoms with Crippen LogP contribution in [0.1, 0.15) is 22.5 Å². The van der Waals surface area contributed by atoms with Crippen LogP contribution in [0.25, 0.3) is 0 Å². The van der Waals surface area contributed by atoms with E-state index in [1.807, 2.05) is 42.8 Å². The van der Waals surface area contributed by atoms with E-state index >= 15 is 0 Å². The lowest BCUT2D eigenvalue weighted by Crippen LogP contribution is -2.20. The number of aryl methyl sites for hydroxylation is 1. The normalized spacial score (nSPS) is 10.9. The van der Waals surface area contributed by atoms with Gasteiger partial charge < -0.3 is 10.6 Å². The maximum atomic E-state index is 13.2. The third-order valence-corrected chi connectivity index (χ3v) is 5.58. The first-order valence-corrected chi connectivity index (χ1v) is 10.8. The number of benzene rings is 2. The van der Waals surface area contributed by atoms with Gasteiger partial charge in [0.25, 0.3) is 0 Å². The van der Waals surface area contributed by atoms with Crippen molar-refractivity contribution in [1.82, 2.24) is 19.6 Å². The zero-order valence-electron chi connectivity index (χ0n) is 17.6. The third kappa shape index (κ3) is 5.15. The second-order valence-corrected chi connectivity index (χ2v) is 8.22. The van der Waals surface area contributed by atoms with Crippen molar-refractivity contribution in [2.24, 2.45) is 0 Å². The van der Waals surface area contributed by atoms with Crippen LogP contribution in [0.2, 0.25) is 5.02 Å². The number of halogens is 2. The van der Waals surface area contributed by atoms with Gasteiger partial charge in [0.2, 0.25) is 0 Å². The second kappa shape index (κ2) is 9.50. The first-order chi connectivity index (χ1) is 15.4. The van der Waals surface area contributed by atoms with Crippen LogP contribution in [0.15, 0.2) is 60.8 Å². The number of hydrogen-bond acceptors (Lipinski definition) is 3. The molecule has 2 heterocycles. The molecule has 0 aliphatic heterocycles. The van der Waals surface area contributed by atoms with Crippen LogP contribution in [-0.4, -0.2) is 24.7 Å². The molecule has 0 spiro atoms. The van der Waals surface area contributed by atoms with Gasteiger partial charge >= 0.3 is 0 Å². The lowest BCUT2D eigenvalue weighted by molar-refractivity contribution is 0.624. The van der Waals surface area contributed by atoms with E-state index in [1.54, 1.807) is 16.9 Å². The summed E-state index contributed by atoms with van der Waals surface area (Å²) in [5.74, 6) is 0.225. The number of nitrogens with one attached hydrogen (secondary N) is 2. The minimum absolute atomic E-state index is 0.365. The molecule has 2 N–H and O–H groups in total. The first kappa shape index (κ1) is 22.0. The van der Waals surface area contributed by atoms with Crippen molar-refractivity contribution in [3.8, 4) is 0 Å². The summed E-state index contributed by atoms with van der Waals surface area (Å²) in [4.78, 5) is 0. The van der Waals surface area contributed by atoms with Crippen molar-refractivity contribution >= 4 is 40.4 Å². The standard InChI is InChI=1S/C23H22ClFN6S/c1-15-22(16(2)31(28-15)13-17-6-4-3-5-7-17)27-23(32)26-21-10-11-30(29-21)14-18-8-9-19(25)12-20(18)24/h3-12H,13-14H2,1-2H3,(H2,26,27,29,32). The quantitative estimate of drug-likeness (QED) is 0.371. The maximum Gasteiger partial charge on any atom is 0.176 e. The summed E-state index contributed by atoms with van der Waals surface area (Å²) in [6, 6.07) is 16.3. The molecule has 0 aliphatic rings. The van der Waals surface area contributed by atoms with Gasteiger partial charge in [0.05, 0.1) is 30.2 Å². The van der Waals surface area contributed by atoms with Crippen LogP contribution in [-0.2, 0) is 13.1 Å². The van der Waals surface area contributed by atoms with Crippen molar-refractivity contribution in [2.75, 3.05) is 10.6 Å². The number of nitrogens with zero attached hydrogens (tertiary/aromatic N) is 4. The van der Waals surface area contributed by atoms with Gasteiger partial charge in [-0.05, 0) is 49.3 Å².